The minimum absolute atomic E-state index is 0.0462. The molecule has 0 radical (unpaired) electrons. The molecule has 1 atom stereocenters. The van der Waals surface area contributed by atoms with Crippen LogP contribution in [-0.2, 0) is 14.0 Å². The van der Waals surface area contributed by atoms with Gasteiger partial charge in [0.25, 0.3) is 0 Å². The van der Waals surface area contributed by atoms with Gasteiger partial charge in [-0.3, -0.25) is 9.69 Å². The molecule has 126 valence electrons. The van der Waals surface area contributed by atoms with Gasteiger partial charge in [0, 0.05) is 12.7 Å². The maximum absolute atomic E-state index is 11.9. The van der Waals surface area contributed by atoms with Crippen molar-refractivity contribution >= 4 is 20.2 Å². The number of Topliss-reactive ketones (excluding diaryl/α,β-unsaturated/α-hetero) is 1. The molecule has 22 heavy (non-hydrogen) atoms. The van der Waals surface area contributed by atoms with Crippen LogP contribution in [0.5, 0.6) is 0 Å². The number of rotatable bonds is 5. The molecule has 1 aliphatic heterocycles. The topological polar surface area (TPSA) is 76.1 Å². The molecule has 1 aliphatic rings. The van der Waals surface area contributed by atoms with Crippen LogP contribution >= 0.6 is 0 Å². The van der Waals surface area contributed by atoms with Crippen molar-refractivity contribution in [2.24, 2.45) is 0 Å². The molecule has 0 aromatic heterocycles. The summed E-state index contributed by atoms with van der Waals surface area (Å²) in [7, 11) is -0.463. The van der Waals surface area contributed by atoms with Crippen molar-refractivity contribution in [3.63, 3.8) is 0 Å². The van der Waals surface area contributed by atoms with Crippen LogP contribution in [0, 0.1) is 0 Å². The van der Waals surface area contributed by atoms with Crippen LogP contribution in [-0.4, -0.2) is 63.1 Å². The lowest BCUT2D eigenvalue weighted by atomic mass is 10.0. The summed E-state index contributed by atoms with van der Waals surface area (Å²) in [6.07, 6.45) is 0.557. The summed E-state index contributed by atoms with van der Waals surface area (Å²) in [6, 6.07) is -0.450. The van der Waals surface area contributed by atoms with Gasteiger partial charge in [-0.1, -0.05) is 26.8 Å². The molecular weight excluding hydrogens is 302 g/mol. The monoisotopic (exact) mass is 329 g/mol. The lowest BCUT2D eigenvalue weighted by Crippen LogP contribution is -2.51. The normalized spacial score (nSPS) is 20.1. The van der Waals surface area contributed by atoms with Gasteiger partial charge in [0.2, 0.25) is 0 Å². The molecule has 1 heterocycles. The second kappa shape index (κ2) is 6.93. The first-order chi connectivity index (χ1) is 9.99. The van der Waals surface area contributed by atoms with Crippen LogP contribution in [0.25, 0.3) is 0 Å². The molecule has 0 aromatic rings. The third-order valence-electron chi connectivity index (χ3n) is 4.43. The van der Waals surface area contributed by atoms with Gasteiger partial charge in [-0.05, 0) is 18.1 Å². The average Bonchev–Trinajstić information content (AvgIpc) is 2.37. The van der Waals surface area contributed by atoms with E-state index >= 15 is 0 Å². The van der Waals surface area contributed by atoms with Crippen molar-refractivity contribution in [3.05, 3.63) is 11.6 Å². The summed E-state index contributed by atoms with van der Waals surface area (Å²) in [5.41, 5.74) is 0.517. The van der Waals surface area contributed by atoms with Crippen molar-refractivity contribution in [1.29, 1.82) is 0 Å². The number of amides is 1. The molecular formula is C15H27NO5Si. The van der Waals surface area contributed by atoms with Gasteiger partial charge in [0.05, 0.1) is 25.8 Å². The Labute approximate surface area is 133 Å². The van der Waals surface area contributed by atoms with Crippen LogP contribution < -0.4 is 0 Å². The van der Waals surface area contributed by atoms with E-state index in [1.165, 1.54) is 7.11 Å². The predicted molar refractivity (Wildman–Crippen MR) is 86.6 cm³/mol. The Morgan fingerprint density at radius 1 is 1.45 bits per heavy atom. The molecule has 0 aliphatic carbocycles. The zero-order valence-corrected chi connectivity index (χ0v) is 15.3. The molecule has 0 fully saturated rings. The third kappa shape index (κ3) is 4.41. The van der Waals surface area contributed by atoms with E-state index in [2.05, 4.69) is 33.9 Å². The highest BCUT2D eigenvalue weighted by Crippen LogP contribution is 2.36. The molecule has 0 saturated heterocycles. The summed E-state index contributed by atoms with van der Waals surface area (Å²) in [4.78, 5) is 24.4. The average molecular weight is 329 g/mol. The zero-order valence-electron chi connectivity index (χ0n) is 14.3. The fourth-order valence-electron chi connectivity index (χ4n) is 1.93. The lowest BCUT2D eigenvalue weighted by Gasteiger charge is -2.39. The van der Waals surface area contributed by atoms with Gasteiger partial charge in [-0.2, -0.15) is 0 Å². The number of ether oxygens (including phenoxy) is 1. The summed E-state index contributed by atoms with van der Waals surface area (Å²) < 4.78 is 11.1. The molecule has 1 rings (SSSR count). The van der Waals surface area contributed by atoms with E-state index in [4.69, 9.17) is 9.16 Å². The van der Waals surface area contributed by atoms with Crippen LogP contribution in [0.3, 0.4) is 0 Å². The first-order valence-corrected chi connectivity index (χ1v) is 10.3. The van der Waals surface area contributed by atoms with Crippen LogP contribution in [0.4, 0.5) is 4.79 Å². The predicted octanol–water partition coefficient (Wildman–Crippen LogP) is 2.51. The molecule has 0 aromatic carbocycles. The molecule has 1 amide bonds. The molecule has 1 N–H and O–H groups in total. The van der Waals surface area contributed by atoms with Gasteiger partial charge >= 0.3 is 6.09 Å². The fourth-order valence-corrected chi connectivity index (χ4v) is 2.95. The van der Waals surface area contributed by atoms with Crippen molar-refractivity contribution in [3.8, 4) is 0 Å². The van der Waals surface area contributed by atoms with Gasteiger partial charge in [0.1, 0.15) is 0 Å². The Balaban J connectivity index is 2.92. The van der Waals surface area contributed by atoms with E-state index in [9.17, 15) is 14.7 Å². The SMILES string of the molecule is COCC1=CC(CO[Si](C)(C)C(C)(C)C)N(C(=O)O)CC1=O. The molecule has 6 nitrogen and oxygen atoms in total. The lowest BCUT2D eigenvalue weighted by molar-refractivity contribution is -0.118. The molecule has 1 unspecified atom stereocenters. The number of carbonyl (C=O) groups excluding carboxylic acids is 1. The van der Waals surface area contributed by atoms with Crippen molar-refractivity contribution in [2.45, 2.75) is 44.9 Å². The van der Waals surface area contributed by atoms with Gasteiger partial charge in [0.15, 0.2) is 14.1 Å². The van der Waals surface area contributed by atoms with Crippen LogP contribution in [0.1, 0.15) is 20.8 Å². The number of hydrogen-bond acceptors (Lipinski definition) is 4. The van der Waals surface area contributed by atoms with Crippen LogP contribution in [0.15, 0.2) is 11.6 Å². The Hall–Kier alpha value is -1.18. The second-order valence-corrected chi connectivity index (χ2v) is 11.9. The standard InChI is InChI=1S/C15H27NO5Si/c1-15(2,3)22(5,6)21-10-12-7-11(9-20-4)13(17)8-16(12)14(18)19/h7,12H,8-10H2,1-6H3,(H,18,19). The van der Waals surface area contributed by atoms with E-state index in [0.29, 0.717) is 5.57 Å². The highest BCUT2D eigenvalue weighted by Gasteiger charge is 2.39. The number of nitrogens with zero attached hydrogens (tertiary/aromatic N) is 1. The Morgan fingerprint density at radius 2 is 2.05 bits per heavy atom. The number of ketones is 1. The van der Waals surface area contributed by atoms with E-state index < -0.39 is 20.5 Å². The Morgan fingerprint density at radius 3 is 2.50 bits per heavy atom. The van der Waals surface area contributed by atoms with Gasteiger partial charge in [-0.15, -0.1) is 0 Å². The highest BCUT2D eigenvalue weighted by atomic mass is 28.4. The molecule has 7 heteroatoms. The number of carbonyl (C=O) groups is 2. The summed E-state index contributed by atoms with van der Waals surface area (Å²) >= 11 is 0. The Bertz CT molecular complexity index is 467. The third-order valence-corrected chi connectivity index (χ3v) is 8.93. The van der Waals surface area contributed by atoms with Crippen molar-refractivity contribution in [2.75, 3.05) is 26.9 Å². The summed E-state index contributed by atoms with van der Waals surface area (Å²) in [6.45, 7) is 10.9. The first-order valence-electron chi connectivity index (χ1n) is 7.36. The number of carboxylic acid groups (broad SMARTS) is 1. The maximum Gasteiger partial charge on any atom is 0.408 e. The molecule has 0 bridgehead atoms. The van der Waals surface area contributed by atoms with E-state index in [1.54, 1.807) is 6.08 Å². The summed E-state index contributed by atoms with van der Waals surface area (Å²) in [5, 5.41) is 9.35. The second-order valence-electron chi connectivity index (χ2n) is 7.10. The largest absolute Gasteiger partial charge is 0.465 e. The first kappa shape index (κ1) is 18.9. The summed E-state index contributed by atoms with van der Waals surface area (Å²) in [5.74, 6) is -0.215. The minimum Gasteiger partial charge on any atom is -0.465 e. The van der Waals surface area contributed by atoms with E-state index in [-0.39, 0.29) is 30.6 Å². The van der Waals surface area contributed by atoms with E-state index in [1.807, 2.05) is 0 Å². The number of hydrogen-bond donors (Lipinski definition) is 1. The highest BCUT2D eigenvalue weighted by molar-refractivity contribution is 6.74. The number of methoxy groups -OCH3 is 1. The quantitative estimate of drug-likeness (QED) is 0.784. The van der Waals surface area contributed by atoms with Crippen molar-refractivity contribution < 1.29 is 23.9 Å². The zero-order chi connectivity index (χ0) is 17.1. The van der Waals surface area contributed by atoms with Crippen molar-refractivity contribution in [1.82, 2.24) is 4.90 Å². The minimum atomic E-state index is -1.98. The molecule has 0 saturated carbocycles. The Kier molecular flexibility index (Phi) is 5.94. The molecule has 0 spiro atoms. The maximum atomic E-state index is 11.9. The van der Waals surface area contributed by atoms with Gasteiger partial charge < -0.3 is 14.3 Å². The van der Waals surface area contributed by atoms with Crippen LogP contribution in [0.2, 0.25) is 18.1 Å². The van der Waals surface area contributed by atoms with Gasteiger partial charge in [-0.25, -0.2) is 4.79 Å². The smallest absolute Gasteiger partial charge is 0.408 e. The fraction of sp³-hybridized carbons (Fsp3) is 0.733. The van der Waals surface area contributed by atoms with E-state index in [0.717, 1.165) is 4.90 Å².